The molecule has 0 saturated carbocycles. The number of halogens is 3. The van der Waals surface area contributed by atoms with Crippen LogP contribution < -0.4 is 4.31 Å². The Morgan fingerprint density at radius 2 is 1.69 bits per heavy atom. The number of carbonyl (C=O) groups excluding carboxylic acids is 1. The van der Waals surface area contributed by atoms with E-state index < -0.39 is 32.8 Å². The van der Waals surface area contributed by atoms with Gasteiger partial charge in [-0.05, 0) is 49.4 Å². The average molecular weight is 499 g/mol. The van der Waals surface area contributed by atoms with Crippen molar-refractivity contribution in [2.24, 2.45) is 0 Å². The third kappa shape index (κ3) is 6.08. The highest BCUT2D eigenvalue weighted by molar-refractivity contribution is 7.93. The van der Waals surface area contributed by atoms with Crippen LogP contribution in [0.3, 0.4) is 0 Å². The smallest absolute Gasteiger partial charge is 0.318 e. The molecule has 2 rings (SSSR count). The molecule has 2 aromatic rings. The first-order chi connectivity index (χ1) is 13.6. The number of carbonyl (C=O) groups is 1. The van der Waals surface area contributed by atoms with Gasteiger partial charge in [-0.15, -0.1) is 0 Å². The lowest BCUT2D eigenvalue weighted by atomic mass is 10.3. The molecule has 0 heterocycles. The van der Waals surface area contributed by atoms with Gasteiger partial charge in [-0.1, -0.05) is 34.8 Å². The maximum Gasteiger partial charge on any atom is 0.318 e. The minimum absolute atomic E-state index is 0.0245. The van der Waals surface area contributed by atoms with E-state index in [1.54, 1.807) is 6.92 Å². The summed E-state index contributed by atoms with van der Waals surface area (Å²) in [6.45, 7) is 1.57. The van der Waals surface area contributed by atoms with Crippen molar-refractivity contribution in [3.63, 3.8) is 0 Å². The first-order valence-corrected chi connectivity index (χ1v) is 12.3. The molecule has 0 saturated heterocycles. The Labute approximate surface area is 187 Å². The SMILES string of the molecule is COC(=O)CS(=O)C[C@@H](C)N(c1cc(Cl)ccc1Cl)S(=O)(=O)c1ccc(Cl)cc1. The molecule has 0 N–H and O–H groups in total. The molecule has 29 heavy (non-hydrogen) atoms. The highest BCUT2D eigenvalue weighted by Gasteiger charge is 2.32. The number of anilines is 1. The van der Waals surface area contributed by atoms with Gasteiger partial charge in [-0.2, -0.15) is 0 Å². The van der Waals surface area contributed by atoms with Crippen LogP contribution in [-0.2, 0) is 30.4 Å². The number of rotatable bonds is 8. The zero-order valence-corrected chi connectivity index (χ0v) is 19.4. The highest BCUT2D eigenvalue weighted by atomic mass is 35.5. The summed E-state index contributed by atoms with van der Waals surface area (Å²) in [6, 6.07) is 9.23. The van der Waals surface area contributed by atoms with Crippen molar-refractivity contribution in [2.45, 2.75) is 17.9 Å². The molecule has 0 bridgehead atoms. The minimum Gasteiger partial charge on any atom is -0.468 e. The lowest BCUT2D eigenvalue weighted by Gasteiger charge is -2.31. The van der Waals surface area contributed by atoms with Crippen LogP contribution in [-0.4, -0.2) is 43.3 Å². The van der Waals surface area contributed by atoms with Gasteiger partial charge < -0.3 is 4.74 Å². The van der Waals surface area contributed by atoms with Crippen LogP contribution in [0.1, 0.15) is 6.92 Å². The minimum atomic E-state index is -4.11. The van der Waals surface area contributed by atoms with Gasteiger partial charge in [-0.25, -0.2) is 8.42 Å². The molecule has 11 heteroatoms. The van der Waals surface area contributed by atoms with Crippen molar-refractivity contribution in [3.8, 4) is 0 Å². The van der Waals surface area contributed by atoms with Gasteiger partial charge in [-0.3, -0.25) is 13.3 Å². The average Bonchev–Trinajstić information content (AvgIpc) is 2.64. The number of methoxy groups -OCH3 is 1. The van der Waals surface area contributed by atoms with Crippen molar-refractivity contribution in [3.05, 3.63) is 57.5 Å². The van der Waals surface area contributed by atoms with Crippen LogP contribution in [0, 0.1) is 0 Å². The molecule has 158 valence electrons. The molecule has 0 radical (unpaired) electrons. The van der Waals surface area contributed by atoms with Crippen LogP contribution >= 0.6 is 34.8 Å². The quantitative estimate of drug-likeness (QED) is 0.511. The second kappa shape index (κ2) is 10.1. The molecule has 0 aromatic heterocycles. The standard InChI is InChI=1S/C18H18Cl3NO5S2/c1-12(10-28(24)11-18(23)27-2)22(17-9-14(20)5-8-16(17)21)29(25,26)15-6-3-13(19)4-7-15/h3-9,12H,10-11H2,1-2H3/t12-,28?/m1/s1. The Morgan fingerprint density at radius 1 is 1.10 bits per heavy atom. The van der Waals surface area contributed by atoms with Crippen molar-refractivity contribution in [1.29, 1.82) is 0 Å². The summed E-state index contributed by atoms with van der Waals surface area (Å²) < 4.78 is 44.7. The van der Waals surface area contributed by atoms with Gasteiger partial charge in [0.15, 0.2) is 0 Å². The van der Waals surface area contributed by atoms with E-state index in [-0.39, 0.29) is 32.1 Å². The molecule has 0 aliphatic carbocycles. The predicted octanol–water partition coefficient (Wildman–Crippen LogP) is 4.15. The summed E-state index contributed by atoms with van der Waals surface area (Å²) in [6.07, 6.45) is 0. The second-order valence-electron chi connectivity index (χ2n) is 6.03. The Balaban J connectivity index is 2.51. The largest absolute Gasteiger partial charge is 0.468 e. The van der Waals surface area contributed by atoms with Crippen molar-refractivity contribution >= 4 is 67.3 Å². The number of nitrogens with zero attached hydrogens (tertiary/aromatic N) is 1. The van der Waals surface area contributed by atoms with E-state index in [0.717, 1.165) is 4.31 Å². The van der Waals surface area contributed by atoms with Crippen LogP contribution in [0.15, 0.2) is 47.4 Å². The van der Waals surface area contributed by atoms with E-state index in [0.29, 0.717) is 5.02 Å². The Kier molecular flexibility index (Phi) is 8.37. The van der Waals surface area contributed by atoms with Gasteiger partial charge in [0.1, 0.15) is 5.75 Å². The molecule has 2 atom stereocenters. The van der Waals surface area contributed by atoms with Gasteiger partial charge in [0.25, 0.3) is 10.0 Å². The predicted molar refractivity (Wildman–Crippen MR) is 117 cm³/mol. The number of ether oxygens (including phenoxy) is 1. The van der Waals surface area contributed by atoms with E-state index in [1.165, 1.54) is 49.6 Å². The van der Waals surface area contributed by atoms with E-state index >= 15 is 0 Å². The summed E-state index contributed by atoms with van der Waals surface area (Å²) in [5, 5.41) is 0.810. The van der Waals surface area contributed by atoms with E-state index in [2.05, 4.69) is 4.74 Å². The number of benzene rings is 2. The number of sulfonamides is 1. The van der Waals surface area contributed by atoms with Gasteiger partial charge in [0.2, 0.25) is 0 Å². The number of esters is 1. The summed E-state index contributed by atoms with van der Waals surface area (Å²) in [5.74, 6) is -1.12. The topological polar surface area (TPSA) is 80.8 Å². The first kappa shape index (κ1) is 24.0. The molecule has 2 aromatic carbocycles. The van der Waals surface area contributed by atoms with Gasteiger partial charge in [0.05, 0.1) is 28.8 Å². The number of hydrogen-bond acceptors (Lipinski definition) is 5. The molecule has 6 nitrogen and oxygen atoms in total. The lowest BCUT2D eigenvalue weighted by Crippen LogP contribution is -2.42. The fourth-order valence-electron chi connectivity index (χ4n) is 2.56. The van der Waals surface area contributed by atoms with E-state index in [4.69, 9.17) is 34.8 Å². The number of hydrogen-bond donors (Lipinski definition) is 0. The molecule has 0 aliphatic rings. The molecular weight excluding hydrogens is 481 g/mol. The third-order valence-electron chi connectivity index (χ3n) is 3.85. The third-order valence-corrected chi connectivity index (χ3v) is 8.01. The van der Waals surface area contributed by atoms with Crippen LogP contribution in [0.25, 0.3) is 0 Å². The zero-order valence-electron chi connectivity index (χ0n) is 15.5. The molecule has 0 amide bonds. The van der Waals surface area contributed by atoms with Gasteiger partial charge in [0, 0.05) is 26.6 Å². The van der Waals surface area contributed by atoms with Crippen LogP contribution in [0.5, 0.6) is 0 Å². The maximum absolute atomic E-state index is 13.4. The monoisotopic (exact) mass is 497 g/mol. The summed E-state index contributed by atoms with van der Waals surface area (Å²) in [4.78, 5) is 11.4. The lowest BCUT2D eigenvalue weighted by molar-refractivity contribution is -0.137. The van der Waals surface area contributed by atoms with Gasteiger partial charge >= 0.3 is 5.97 Å². The molecular formula is C18H18Cl3NO5S2. The Hall–Kier alpha value is -1.32. The summed E-state index contributed by atoms with van der Waals surface area (Å²) in [7, 11) is -4.58. The van der Waals surface area contributed by atoms with Crippen molar-refractivity contribution in [1.82, 2.24) is 0 Å². The van der Waals surface area contributed by atoms with Crippen LogP contribution in [0.2, 0.25) is 15.1 Å². The Bertz CT molecular complexity index is 1010. The van der Waals surface area contributed by atoms with E-state index in [1.807, 2.05) is 0 Å². The maximum atomic E-state index is 13.4. The van der Waals surface area contributed by atoms with Crippen molar-refractivity contribution < 1.29 is 22.2 Å². The fourth-order valence-corrected chi connectivity index (χ4v) is 6.06. The summed E-state index contributed by atoms with van der Waals surface area (Å²) in [5.41, 5.74) is 0.136. The fraction of sp³-hybridized carbons (Fsp3) is 0.278. The van der Waals surface area contributed by atoms with Crippen molar-refractivity contribution in [2.75, 3.05) is 22.9 Å². The highest BCUT2D eigenvalue weighted by Crippen LogP contribution is 2.35. The second-order valence-corrected chi connectivity index (χ2v) is 10.6. The van der Waals surface area contributed by atoms with E-state index in [9.17, 15) is 17.4 Å². The molecule has 0 fully saturated rings. The first-order valence-electron chi connectivity index (χ1n) is 8.23. The molecule has 1 unspecified atom stereocenters. The normalized spacial score (nSPS) is 13.6. The Morgan fingerprint density at radius 3 is 2.28 bits per heavy atom. The van der Waals surface area contributed by atoms with Crippen LogP contribution in [0.4, 0.5) is 5.69 Å². The summed E-state index contributed by atoms with van der Waals surface area (Å²) >= 11 is 18.2. The zero-order chi connectivity index (χ0) is 21.8. The molecule has 0 spiro atoms. The molecule has 0 aliphatic heterocycles.